The molecule has 0 saturated carbocycles. The third-order valence-corrected chi connectivity index (χ3v) is 2.68. The molecule has 0 aromatic heterocycles. The Bertz CT molecular complexity index is 674. The van der Waals surface area contributed by atoms with E-state index in [-0.39, 0.29) is 17.8 Å². The Morgan fingerprint density at radius 1 is 0.905 bits per heavy atom. The van der Waals surface area contributed by atoms with Crippen LogP contribution in [0.2, 0.25) is 0 Å². The summed E-state index contributed by atoms with van der Waals surface area (Å²) in [5, 5.41) is 4.58. The van der Waals surface area contributed by atoms with Crippen LogP contribution in [0.4, 0.5) is 14.5 Å². The van der Waals surface area contributed by atoms with Gasteiger partial charge in [-0.3, -0.25) is 9.59 Å². The molecule has 0 spiro atoms. The highest BCUT2D eigenvalue weighted by Crippen LogP contribution is 2.11. The Morgan fingerprint density at radius 2 is 1.52 bits per heavy atom. The molecule has 108 valence electrons. The molecule has 4 nitrogen and oxygen atoms in total. The zero-order valence-corrected chi connectivity index (χ0v) is 10.9. The van der Waals surface area contributed by atoms with E-state index < -0.39 is 23.4 Å². The number of hydrogen-bond donors (Lipinski definition) is 2. The monoisotopic (exact) mass is 290 g/mol. The summed E-state index contributed by atoms with van der Waals surface area (Å²) in [6.07, 6.45) is 0. The second kappa shape index (κ2) is 6.60. The maximum absolute atomic E-state index is 13.4. The molecule has 2 amide bonds. The molecule has 2 aromatic carbocycles. The Kier molecular flexibility index (Phi) is 4.61. The normalized spacial score (nSPS) is 10.0. The minimum atomic E-state index is -0.711. The van der Waals surface area contributed by atoms with Crippen molar-refractivity contribution in [3.05, 3.63) is 65.7 Å². The summed E-state index contributed by atoms with van der Waals surface area (Å²) in [4.78, 5) is 23.3. The third kappa shape index (κ3) is 3.85. The molecule has 0 heterocycles. The predicted molar refractivity (Wildman–Crippen MR) is 73.8 cm³/mol. The number of carbonyl (C=O) groups is 2. The van der Waals surface area contributed by atoms with Crippen molar-refractivity contribution in [1.29, 1.82) is 0 Å². The van der Waals surface area contributed by atoms with E-state index >= 15 is 0 Å². The summed E-state index contributed by atoms with van der Waals surface area (Å²) < 4.78 is 26.7. The van der Waals surface area contributed by atoms with E-state index in [9.17, 15) is 18.4 Å². The van der Waals surface area contributed by atoms with Gasteiger partial charge in [0.25, 0.3) is 5.91 Å². The van der Waals surface area contributed by atoms with Crippen molar-refractivity contribution >= 4 is 17.5 Å². The summed E-state index contributed by atoms with van der Waals surface area (Å²) >= 11 is 0. The van der Waals surface area contributed by atoms with Crippen LogP contribution in [-0.4, -0.2) is 18.4 Å². The zero-order valence-electron chi connectivity index (χ0n) is 10.9. The number of anilines is 1. The molecule has 0 bridgehead atoms. The predicted octanol–water partition coefficient (Wildman–Crippen LogP) is 2.33. The van der Waals surface area contributed by atoms with Gasteiger partial charge in [0, 0.05) is 0 Å². The van der Waals surface area contributed by atoms with Crippen LogP contribution >= 0.6 is 0 Å². The fourth-order valence-electron chi connectivity index (χ4n) is 1.66. The largest absolute Gasteiger partial charge is 0.343 e. The summed E-state index contributed by atoms with van der Waals surface area (Å²) in [5.41, 5.74) is -0.140. The van der Waals surface area contributed by atoms with Crippen molar-refractivity contribution in [2.75, 3.05) is 11.9 Å². The average molecular weight is 290 g/mol. The number of halogens is 2. The zero-order chi connectivity index (χ0) is 15.2. The molecule has 21 heavy (non-hydrogen) atoms. The van der Waals surface area contributed by atoms with E-state index in [1.54, 1.807) is 6.07 Å². The first-order valence-electron chi connectivity index (χ1n) is 6.15. The van der Waals surface area contributed by atoms with E-state index in [0.717, 1.165) is 6.07 Å². The molecular weight excluding hydrogens is 278 g/mol. The topological polar surface area (TPSA) is 58.2 Å². The third-order valence-electron chi connectivity index (χ3n) is 2.68. The lowest BCUT2D eigenvalue weighted by molar-refractivity contribution is -0.115. The lowest BCUT2D eigenvalue weighted by Gasteiger charge is -2.08. The quantitative estimate of drug-likeness (QED) is 0.908. The number of hydrogen-bond acceptors (Lipinski definition) is 2. The van der Waals surface area contributed by atoms with Gasteiger partial charge >= 0.3 is 0 Å². The van der Waals surface area contributed by atoms with Crippen molar-refractivity contribution in [2.45, 2.75) is 0 Å². The molecule has 2 rings (SSSR count). The minimum absolute atomic E-state index is 0.0163. The van der Waals surface area contributed by atoms with Crippen LogP contribution < -0.4 is 10.6 Å². The highest BCUT2D eigenvalue weighted by atomic mass is 19.1. The van der Waals surface area contributed by atoms with Gasteiger partial charge in [-0.25, -0.2) is 8.78 Å². The van der Waals surface area contributed by atoms with Crippen molar-refractivity contribution < 1.29 is 18.4 Å². The molecule has 6 heteroatoms. The van der Waals surface area contributed by atoms with Crippen molar-refractivity contribution in [2.24, 2.45) is 0 Å². The first kappa shape index (κ1) is 14.6. The lowest BCUT2D eigenvalue weighted by Crippen LogP contribution is -2.33. The molecule has 0 aliphatic rings. The van der Waals surface area contributed by atoms with Gasteiger partial charge in [-0.05, 0) is 24.3 Å². The van der Waals surface area contributed by atoms with E-state index in [4.69, 9.17) is 0 Å². The van der Waals surface area contributed by atoms with Gasteiger partial charge in [0.05, 0.1) is 17.8 Å². The van der Waals surface area contributed by atoms with Crippen LogP contribution in [0.5, 0.6) is 0 Å². The number of amides is 2. The van der Waals surface area contributed by atoms with Gasteiger partial charge in [-0.15, -0.1) is 0 Å². The average Bonchev–Trinajstić information content (AvgIpc) is 2.48. The van der Waals surface area contributed by atoms with Gasteiger partial charge in [0.1, 0.15) is 11.6 Å². The second-order valence-corrected chi connectivity index (χ2v) is 4.19. The summed E-state index contributed by atoms with van der Waals surface area (Å²) in [5.74, 6) is -2.57. The van der Waals surface area contributed by atoms with Crippen LogP contribution in [0.15, 0.2) is 48.5 Å². The molecule has 0 saturated heterocycles. The summed E-state index contributed by atoms with van der Waals surface area (Å²) in [7, 11) is 0. The summed E-state index contributed by atoms with van der Waals surface area (Å²) in [6, 6.07) is 11.1. The van der Waals surface area contributed by atoms with E-state index in [0.29, 0.717) is 0 Å². The van der Waals surface area contributed by atoms with Crippen LogP contribution in [0, 0.1) is 11.6 Å². The van der Waals surface area contributed by atoms with Gasteiger partial charge in [0.2, 0.25) is 5.91 Å². The van der Waals surface area contributed by atoms with E-state index in [1.165, 1.54) is 36.4 Å². The molecule has 2 aromatic rings. The molecule has 0 fully saturated rings. The maximum Gasteiger partial charge on any atom is 0.254 e. The Morgan fingerprint density at radius 3 is 2.19 bits per heavy atom. The fourth-order valence-corrected chi connectivity index (χ4v) is 1.66. The fraction of sp³-hybridized carbons (Fsp3) is 0.0667. The van der Waals surface area contributed by atoms with Gasteiger partial charge < -0.3 is 10.6 Å². The molecule has 0 radical (unpaired) electrons. The molecular formula is C15H12F2N2O2. The van der Waals surface area contributed by atoms with Gasteiger partial charge in [0.15, 0.2) is 0 Å². The highest BCUT2D eigenvalue weighted by molar-refractivity contribution is 5.99. The number of rotatable bonds is 4. The first-order chi connectivity index (χ1) is 10.1. The standard InChI is InChI=1S/C15H12F2N2O2/c16-11-6-2-1-5-10(11)15(21)18-9-14(20)19-13-8-4-3-7-12(13)17/h1-8H,9H2,(H,18,21)(H,19,20). The van der Waals surface area contributed by atoms with Crippen LogP contribution in [0.25, 0.3) is 0 Å². The number of carbonyl (C=O) groups excluding carboxylic acids is 2. The molecule has 2 N–H and O–H groups in total. The lowest BCUT2D eigenvalue weighted by atomic mass is 10.2. The molecule has 0 aliphatic heterocycles. The maximum atomic E-state index is 13.4. The van der Waals surface area contributed by atoms with Crippen molar-refractivity contribution in [3.63, 3.8) is 0 Å². The van der Waals surface area contributed by atoms with Crippen LogP contribution in [-0.2, 0) is 4.79 Å². The Labute approximate surface area is 119 Å². The number of benzene rings is 2. The van der Waals surface area contributed by atoms with Gasteiger partial charge in [-0.2, -0.15) is 0 Å². The Hall–Kier alpha value is -2.76. The number of nitrogens with one attached hydrogen (secondary N) is 2. The minimum Gasteiger partial charge on any atom is -0.343 e. The first-order valence-corrected chi connectivity index (χ1v) is 6.15. The van der Waals surface area contributed by atoms with Gasteiger partial charge in [-0.1, -0.05) is 24.3 Å². The van der Waals surface area contributed by atoms with E-state index in [2.05, 4.69) is 10.6 Å². The highest BCUT2D eigenvalue weighted by Gasteiger charge is 2.12. The molecule has 0 unspecified atom stereocenters. The molecule has 0 aliphatic carbocycles. The summed E-state index contributed by atoms with van der Waals surface area (Å²) in [6.45, 7) is -0.387. The van der Waals surface area contributed by atoms with Crippen LogP contribution in [0.3, 0.4) is 0 Å². The SMILES string of the molecule is O=C(CNC(=O)c1ccccc1F)Nc1ccccc1F. The second-order valence-electron chi connectivity index (χ2n) is 4.19. The van der Waals surface area contributed by atoms with Crippen LogP contribution in [0.1, 0.15) is 10.4 Å². The van der Waals surface area contributed by atoms with Crippen molar-refractivity contribution in [1.82, 2.24) is 5.32 Å². The smallest absolute Gasteiger partial charge is 0.254 e. The van der Waals surface area contributed by atoms with Crippen molar-refractivity contribution in [3.8, 4) is 0 Å². The molecule has 0 atom stereocenters. The number of para-hydroxylation sites is 1. The van der Waals surface area contributed by atoms with E-state index in [1.807, 2.05) is 0 Å². The Balaban J connectivity index is 1.91.